The van der Waals surface area contributed by atoms with E-state index in [2.05, 4.69) is 25.0 Å². The van der Waals surface area contributed by atoms with Gasteiger partial charge in [0.15, 0.2) is 5.16 Å². The average Bonchev–Trinajstić information content (AvgIpc) is 3.63. The number of hydrogen-bond acceptors (Lipinski definition) is 8. The van der Waals surface area contributed by atoms with Crippen molar-refractivity contribution in [1.29, 1.82) is 0 Å². The molecule has 5 rings (SSSR count). The molecular formula is C24H26N6O4S. The Labute approximate surface area is 206 Å². The van der Waals surface area contributed by atoms with Gasteiger partial charge in [0, 0.05) is 25.2 Å². The summed E-state index contributed by atoms with van der Waals surface area (Å²) in [4.78, 5) is 26.8. The van der Waals surface area contributed by atoms with Crippen molar-refractivity contribution in [3.05, 3.63) is 69.8 Å². The predicted octanol–water partition coefficient (Wildman–Crippen LogP) is 4.14. The van der Waals surface area contributed by atoms with Crippen LogP contribution in [0.3, 0.4) is 0 Å². The largest absolute Gasteiger partial charge is 0.378 e. The van der Waals surface area contributed by atoms with Gasteiger partial charge in [-0.15, -0.1) is 10.2 Å². The molecule has 3 aromatic rings. The predicted molar refractivity (Wildman–Crippen MR) is 133 cm³/mol. The molecule has 1 N–H and O–H groups in total. The first-order chi connectivity index (χ1) is 17.0. The van der Waals surface area contributed by atoms with Crippen LogP contribution in [0.2, 0.25) is 0 Å². The lowest BCUT2D eigenvalue weighted by molar-refractivity contribution is -0.384. The number of amides is 1. The van der Waals surface area contributed by atoms with E-state index in [1.54, 1.807) is 19.1 Å². The van der Waals surface area contributed by atoms with Crippen LogP contribution in [0.5, 0.6) is 0 Å². The second kappa shape index (κ2) is 10.0. The summed E-state index contributed by atoms with van der Waals surface area (Å²) in [6.07, 6.45) is 2.08. The van der Waals surface area contributed by atoms with Gasteiger partial charge in [0.2, 0.25) is 11.9 Å². The van der Waals surface area contributed by atoms with Crippen LogP contribution in [0, 0.1) is 17.0 Å². The summed E-state index contributed by atoms with van der Waals surface area (Å²) in [5.41, 5.74) is 1.57. The molecule has 35 heavy (non-hydrogen) atoms. The number of morpholine rings is 1. The zero-order valence-corrected chi connectivity index (χ0v) is 20.1. The lowest BCUT2D eigenvalue weighted by atomic mass is 10.1. The van der Waals surface area contributed by atoms with Gasteiger partial charge >= 0.3 is 0 Å². The standard InChI is InChI=1S/C24H26N6O4S/c1-16-7-10-19(20(15-16)30(32)33)25-22(31)21(17-5-3-2-4-6-17)35-24-27-26-23(29(24)18-8-9-18)28-11-13-34-14-12-28/h2-7,10,15,18,21H,8-9,11-14H2,1H3,(H,25,31). The number of nitro groups is 1. The van der Waals surface area contributed by atoms with Crippen molar-refractivity contribution in [3.63, 3.8) is 0 Å². The SMILES string of the molecule is Cc1ccc(NC(=O)C(Sc2nnc(N3CCOCC3)n2C2CC2)c2ccccc2)c([N+](=O)[O-])c1. The fourth-order valence-corrected chi connectivity index (χ4v) is 5.19. The Morgan fingerprint density at radius 2 is 1.91 bits per heavy atom. The molecule has 1 saturated heterocycles. The molecular weight excluding hydrogens is 468 g/mol. The van der Waals surface area contributed by atoms with Gasteiger partial charge < -0.3 is 15.0 Å². The molecule has 2 heterocycles. The van der Waals surface area contributed by atoms with E-state index >= 15 is 0 Å². The first kappa shape index (κ1) is 23.3. The number of anilines is 2. The molecule has 1 aromatic heterocycles. The highest BCUT2D eigenvalue weighted by atomic mass is 32.2. The summed E-state index contributed by atoms with van der Waals surface area (Å²) in [5.74, 6) is 0.450. The third kappa shape index (κ3) is 5.15. The van der Waals surface area contributed by atoms with Crippen molar-refractivity contribution in [2.24, 2.45) is 0 Å². The molecule has 0 spiro atoms. The van der Waals surface area contributed by atoms with Crippen LogP contribution >= 0.6 is 11.8 Å². The number of aryl methyl sites for hydroxylation is 1. The zero-order chi connectivity index (χ0) is 24.4. The topological polar surface area (TPSA) is 115 Å². The fraction of sp³-hybridized carbons (Fsp3) is 0.375. The van der Waals surface area contributed by atoms with Crippen LogP contribution in [0.15, 0.2) is 53.7 Å². The molecule has 182 valence electrons. The Balaban J connectivity index is 1.46. The number of hydrogen-bond donors (Lipinski definition) is 1. The van der Waals surface area contributed by atoms with E-state index in [0.29, 0.717) is 24.4 Å². The summed E-state index contributed by atoms with van der Waals surface area (Å²) in [6.45, 7) is 4.55. The highest BCUT2D eigenvalue weighted by Crippen LogP contribution is 2.44. The van der Waals surface area contributed by atoms with Crippen molar-refractivity contribution >= 4 is 35.0 Å². The van der Waals surface area contributed by atoms with Crippen LogP contribution in [-0.4, -0.2) is 51.9 Å². The second-order valence-corrected chi connectivity index (χ2v) is 9.73. The maximum absolute atomic E-state index is 13.5. The molecule has 2 aliphatic rings. The van der Waals surface area contributed by atoms with Crippen molar-refractivity contribution in [2.45, 2.75) is 36.2 Å². The molecule has 1 amide bonds. The van der Waals surface area contributed by atoms with E-state index in [4.69, 9.17) is 4.74 Å². The Bertz CT molecular complexity index is 1220. The number of carbonyl (C=O) groups excluding carboxylic acids is 1. The summed E-state index contributed by atoms with van der Waals surface area (Å²) in [6, 6.07) is 14.5. The Morgan fingerprint density at radius 3 is 2.60 bits per heavy atom. The number of rotatable bonds is 8. The van der Waals surface area contributed by atoms with Crippen molar-refractivity contribution in [3.8, 4) is 0 Å². The van der Waals surface area contributed by atoms with Gasteiger partial charge in [0.25, 0.3) is 5.69 Å². The quantitative estimate of drug-likeness (QED) is 0.282. The lowest BCUT2D eigenvalue weighted by Gasteiger charge is -2.28. The molecule has 11 heteroatoms. The molecule has 10 nitrogen and oxygen atoms in total. The first-order valence-electron chi connectivity index (χ1n) is 11.6. The zero-order valence-electron chi connectivity index (χ0n) is 19.3. The minimum Gasteiger partial charge on any atom is -0.378 e. The number of thioether (sulfide) groups is 1. The lowest BCUT2D eigenvalue weighted by Crippen LogP contribution is -2.38. The number of aromatic nitrogens is 3. The third-order valence-corrected chi connectivity index (χ3v) is 7.24. The Hall–Kier alpha value is -3.44. The number of benzene rings is 2. The highest BCUT2D eigenvalue weighted by molar-refractivity contribution is 8.00. The van der Waals surface area contributed by atoms with E-state index in [1.165, 1.54) is 17.8 Å². The Morgan fingerprint density at radius 1 is 1.17 bits per heavy atom. The van der Waals surface area contributed by atoms with Gasteiger partial charge in [-0.1, -0.05) is 48.2 Å². The number of nitrogens with zero attached hydrogens (tertiary/aromatic N) is 5. The van der Waals surface area contributed by atoms with Gasteiger partial charge in [0.1, 0.15) is 10.9 Å². The van der Waals surface area contributed by atoms with Gasteiger partial charge in [-0.05, 0) is 37.0 Å². The first-order valence-corrected chi connectivity index (χ1v) is 12.4. The normalized spacial score (nSPS) is 16.7. The van der Waals surface area contributed by atoms with Crippen molar-refractivity contribution in [1.82, 2.24) is 14.8 Å². The maximum Gasteiger partial charge on any atom is 0.293 e. The number of ether oxygens (including phenoxy) is 1. The van der Waals surface area contributed by atoms with Gasteiger partial charge in [-0.25, -0.2) is 0 Å². The molecule has 0 radical (unpaired) electrons. The number of carbonyl (C=O) groups is 1. The van der Waals surface area contributed by atoms with Crippen LogP contribution in [0.1, 0.15) is 35.3 Å². The van der Waals surface area contributed by atoms with Crippen LogP contribution in [0.4, 0.5) is 17.3 Å². The Kier molecular flexibility index (Phi) is 6.69. The average molecular weight is 495 g/mol. The van der Waals surface area contributed by atoms with Crippen LogP contribution < -0.4 is 10.2 Å². The molecule has 1 saturated carbocycles. The molecule has 0 bridgehead atoms. The molecule has 1 unspecified atom stereocenters. The van der Waals surface area contributed by atoms with Crippen molar-refractivity contribution in [2.75, 3.05) is 36.5 Å². The summed E-state index contributed by atoms with van der Waals surface area (Å²) >= 11 is 1.32. The van der Waals surface area contributed by atoms with Crippen molar-refractivity contribution < 1.29 is 14.5 Å². The van der Waals surface area contributed by atoms with Gasteiger partial charge in [0.05, 0.1) is 18.1 Å². The number of nitro benzene ring substituents is 1. The third-order valence-electron chi connectivity index (χ3n) is 6.02. The summed E-state index contributed by atoms with van der Waals surface area (Å²) in [7, 11) is 0. The van der Waals surface area contributed by atoms with E-state index in [1.807, 2.05) is 30.3 Å². The fourth-order valence-electron chi connectivity index (χ4n) is 4.08. The minimum atomic E-state index is -0.670. The van der Waals surface area contributed by atoms with Crippen LogP contribution in [-0.2, 0) is 9.53 Å². The van der Waals surface area contributed by atoms with E-state index in [0.717, 1.165) is 43.0 Å². The smallest absolute Gasteiger partial charge is 0.293 e. The summed E-state index contributed by atoms with van der Waals surface area (Å²) < 4.78 is 7.62. The molecule has 2 fully saturated rings. The second-order valence-electron chi connectivity index (χ2n) is 8.66. The van der Waals surface area contributed by atoms with E-state index < -0.39 is 10.2 Å². The van der Waals surface area contributed by atoms with E-state index in [9.17, 15) is 14.9 Å². The van der Waals surface area contributed by atoms with Gasteiger partial charge in [-0.3, -0.25) is 19.5 Å². The molecule has 1 aliphatic carbocycles. The highest BCUT2D eigenvalue weighted by Gasteiger charge is 2.35. The number of nitrogens with one attached hydrogen (secondary N) is 1. The summed E-state index contributed by atoms with van der Waals surface area (Å²) in [5, 5.41) is 23.3. The monoisotopic (exact) mass is 494 g/mol. The molecule has 1 aliphatic heterocycles. The van der Waals surface area contributed by atoms with Gasteiger partial charge in [-0.2, -0.15) is 0 Å². The molecule has 1 atom stereocenters. The minimum absolute atomic E-state index is 0.133. The van der Waals surface area contributed by atoms with E-state index in [-0.39, 0.29) is 17.3 Å². The molecule has 2 aromatic carbocycles. The maximum atomic E-state index is 13.5. The van der Waals surface area contributed by atoms with Crippen LogP contribution in [0.25, 0.3) is 0 Å².